The van der Waals surface area contributed by atoms with Crippen molar-refractivity contribution in [2.24, 2.45) is 10.7 Å². The molecule has 0 amide bonds. The van der Waals surface area contributed by atoms with Crippen LogP contribution >= 0.6 is 0 Å². The smallest absolute Gasteiger partial charge is 0.305 e. The van der Waals surface area contributed by atoms with E-state index >= 15 is 0 Å². The summed E-state index contributed by atoms with van der Waals surface area (Å²) in [4.78, 5) is 15.2. The molecule has 0 aliphatic carbocycles. The Morgan fingerprint density at radius 1 is 1.38 bits per heavy atom. The highest BCUT2D eigenvalue weighted by Crippen LogP contribution is 2.18. The fraction of sp³-hybridized carbons (Fsp3) is 0.500. The Labute approximate surface area is 126 Å². The Hall–Kier alpha value is -2.04. The maximum absolute atomic E-state index is 10.9. The van der Waals surface area contributed by atoms with E-state index in [4.69, 9.17) is 5.73 Å². The van der Waals surface area contributed by atoms with Crippen LogP contribution in [0.4, 0.5) is 5.69 Å². The van der Waals surface area contributed by atoms with Gasteiger partial charge in [0, 0.05) is 18.7 Å². The van der Waals surface area contributed by atoms with Crippen molar-refractivity contribution in [3.8, 4) is 0 Å². The third kappa shape index (κ3) is 6.79. The molecule has 0 radical (unpaired) electrons. The average Bonchev–Trinajstić information content (AvgIpc) is 2.46. The van der Waals surface area contributed by atoms with Gasteiger partial charge in [-0.1, -0.05) is 26.0 Å². The number of hydrogen-bond donors (Lipinski definition) is 2. The number of rotatable bonds is 7. The Kier molecular flexibility index (Phi) is 7.29. The van der Waals surface area contributed by atoms with Gasteiger partial charge in [-0.05, 0) is 36.5 Å². The molecule has 1 rings (SSSR count). The summed E-state index contributed by atoms with van der Waals surface area (Å²) in [6.07, 6.45) is 1.99. The first-order valence-corrected chi connectivity index (χ1v) is 7.26. The summed E-state index contributed by atoms with van der Waals surface area (Å²) in [5.41, 5.74) is 8.04. The molecule has 5 nitrogen and oxygen atoms in total. The fourth-order valence-electron chi connectivity index (χ4n) is 1.85. The summed E-state index contributed by atoms with van der Waals surface area (Å²) in [5.74, 6) is 0.688. The van der Waals surface area contributed by atoms with Crippen LogP contribution in [0.5, 0.6) is 0 Å². The minimum absolute atomic E-state index is 0.185. The van der Waals surface area contributed by atoms with Gasteiger partial charge in [0.05, 0.1) is 7.11 Å². The van der Waals surface area contributed by atoms with Crippen LogP contribution < -0.4 is 11.1 Å². The van der Waals surface area contributed by atoms with Crippen LogP contribution in [0.15, 0.2) is 29.3 Å². The summed E-state index contributed by atoms with van der Waals surface area (Å²) in [6.45, 7) is 4.90. The number of ether oxygens (including phenoxy) is 1. The third-order valence-electron chi connectivity index (χ3n) is 3.12. The fourth-order valence-corrected chi connectivity index (χ4v) is 1.85. The zero-order valence-corrected chi connectivity index (χ0v) is 13.1. The molecule has 0 saturated carbocycles. The zero-order chi connectivity index (χ0) is 15.7. The molecule has 0 saturated heterocycles. The average molecular weight is 291 g/mol. The first kappa shape index (κ1) is 17.0. The van der Waals surface area contributed by atoms with Crippen LogP contribution in [0.3, 0.4) is 0 Å². The first-order chi connectivity index (χ1) is 10.0. The predicted molar refractivity (Wildman–Crippen MR) is 86.5 cm³/mol. The van der Waals surface area contributed by atoms with Crippen LogP contribution in [-0.2, 0) is 9.53 Å². The summed E-state index contributed by atoms with van der Waals surface area (Å²) in [5, 5.41) is 3.08. The van der Waals surface area contributed by atoms with Crippen molar-refractivity contribution < 1.29 is 9.53 Å². The van der Waals surface area contributed by atoms with E-state index < -0.39 is 0 Å². The predicted octanol–water partition coefficient (Wildman–Crippen LogP) is 2.88. The molecule has 5 heteroatoms. The number of hydrogen-bond acceptors (Lipinski definition) is 3. The summed E-state index contributed by atoms with van der Waals surface area (Å²) >= 11 is 0. The molecule has 0 heterocycles. The highest BCUT2D eigenvalue weighted by atomic mass is 16.5. The molecule has 0 atom stereocenters. The molecule has 116 valence electrons. The van der Waals surface area contributed by atoms with Gasteiger partial charge in [0.15, 0.2) is 5.96 Å². The van der Waals surface area contributed by atoms with Crippen molar-refractivity contribution in [1.29, 1.82) is 0 Å². The number of benzene rings is 1. The number of esters is 1. The second-order valence-corrected chi connectivity index (χ2v) is 5.21. The van der Waals surface area contributed by atoms with E-state index in [1.165, 1.54) is 12.7 Å². The van der Waals surface area contributed by atoms with Crippen molar-refractivity contribution in [2.45, 2.75) is 39.0 Å². The van der Waals surface area contributed by atoms with Crippen LogP contribution in [0, 0.1) is 0 Å². The topological polar surface area (TPSA) is 76.7 Å². The molecule has 3 N–H and O–H groups in total. The lowest BCUT2D eigenvalue weighted by molar-refractivity contribution is -0.140. The van der Waals surface area contributed by atoms with Crippen LogP contribution in [-0.4, -0.2) is 25.6 Å². The second kappa shape index (κ2) is 9.00. The molecule has 21 heavy (non-hydrogen) atoms. The molecule has 0 aromatic heterocycles. The number of aliphatic imine (C=N–C) groups is 1. The van der Waals surface area contributed by atoms with E-state index in [2.05, 4.69) is 41.0 Å². The Balaban J connectivity index is 2.38. The van der Waals surface area contributed by atoms with Gasteiger partial charge in [-0.3, -0.25) is 9.79 Å². The molecule has 0 aliphatic heterocycles. The van der Waals surface area contributed by atoms with E-state index in [0.717, 1.165) is 18.5 Å². The van der Waals surface area contributed by atoms with Crippen molar-refractivity contribution in [3.05, 3.63) is 29.8 Å². The molecule has 1 aromatic carbocycles. The van der Waals surface area contributed by atoms with Crippen LogP contribution in [0.25, 0.3) is 0 Å². The lowest BCUT2D eigenvalue weighted by Crippen LogP contribution is -2.23. The first-order valence-electron chi connectivity index (χ1n) is 7.26. The van der Waals surface area contributed by atoms with Crippen molar-refractivity contribution >= 4 is 17.6 Å². The van der Waals surface area contributed by atoms with Crippen molar-refractivity contribution in [3.63, 3.8) is 0 Å². The van der Waals surface area contributed by atoms with Gasteiger partial charge in [0.1, 0.15) is 0 Å². The molecule has 0 bridgehead atoms. The van der Waals surface area contributed by atoms with Gasteiger partial charge in [-0.2, -0.15) is 0 Å². The summed E-state index contributed by atoms with van der Waals surface area (Å²) < 4.78 is 4.58. The second-order valence-electron chi connectivity index (χ2n) is 5.21. The number of anilines is 1. The largest absolute Gasteiger partial charge is 0.469 e. The Morgan fingerprint density at radius 3 is 2.81 bits per heavy atom. The number of nitrogens with one attached hydrogen (secondary N) is 1. The lowest BCUT2D eigenvalue weighted by atomic mass is 10.0. The van der Waals surface area contributed by atoms with E-state index in [1.807, 2.05) is 12.1 Å². The molecular formula is C16H25N3O2. The normalized spacial score (nSPS) is 11.5. The highest BCUT2D eigenvalue weighted by Gasteiger charge is 2.01. The van der Waals surface area contributed by atoms with Gasteiger partial charge < -0.3 is 15.8 Å². The number of carbonyl (C=O) groups is 1. The maximum Gasteiger partial charge on any atom is 0.305 e. The molecule has 0 aliphatic rings. The van der Waals surface area contributed by atoms with Crippen molar-refractivity contribution in [1.82, 2.24) is 0 Å². The number of unbranched alkanes of at least 4 members (excludes halogenated alkanes) is 1. The molecule has 0 fully saturated rings. The van der Waals surface area contributed by atoms with E-state index in [0.29, 0.717) is 24.8 Å². The number of nitrogens with zero attached hydrogens (tertiary/aromatic N) is 1. The van der Waals surface area contributed by atoms with E-state index in [9.17, 15) is 4.79 Å². The third-order valence-corrected chi connectivity index (χ3v) is 3.12. The molecular weight excluding hydrogens is 266 g/mol. The monoisotopic (exact) mass is 291 g/mol. The van der Waals surface area contributed by atoms with Crippen LogP contribution in [0.1, 0.15) is 44.6 Å². The summed E-state index contributed by atoms with van der Waals surface area (Å²) in [7, 11) is 1.40. The maximum atomic E-state index is 10.9. The number of carbonyl (C=O) groups excluding carboxylic acids is 1. The Morgan fingerprint density at radius 2 is 2.14 bits per heavy atom. The number of methoxy groups -OCH3 is 1. The van der Waals surface area contributed by atoms with Gasteiger partial charge in [-0.15, -0.1) is 0 Å². The minimum atomic E-state index is -0.185. The van der Waals surface area contributed by atoms with Gasteiger partial charge >= 0.3 is 5.97 Å². The summed E-state index contributed by atoms with van der Waals surface area (Å²) in [6, 6.07) is 8.13. The molecule has 0 unspecified atom stereocenters. The lowest BCUT2D eigenvalue weighted by Gasteiger charge is -2.09. The standard InChI is InChI=1S/C16H25N3O2/c1-12(2)13-7-6-8-14(11-13)19-16(17)18-10-5-4-9-15(20)21-3/h6-8,11-12H,4-5,9-10H2,1-3H3,(H3,17,18,19). The molecule has 0 spiro atoms. The SMILES string of the molecule is COC(=O)CCCCN=C(N)Nc1cccc(C(C)C)c1. The van der Waals surface area contributed by atoms with Crippen LogP contribution in [0.2, 0.25) is 0 Å². The van der Waals surface area contributed by atoms with Gasteiger partial charge in [-0.25, -0.2) is 0 Å². The van der Waals surface area contributed by atoms with Gasteiger partial charge in [0.25, 0.3) is 0 Å². The minimum Gasteiger partial charge on any atom is -0.469 e. The van der Waals surface area contributed by atoms with E-state index in [1.54, 1.807) is 0 Å². The zero-order valence-electron chi connectivity index (χ0n) is 13.1. The quantitative estimate of drug-likeness (QED) is 0.350. The Bertz CT molecular complexity index is 484. The number of nitrogens with two attached hydrogens (primary N) is 1. The molecule has 1 aromatic rings. The number of guanidine groups is 1. The van der Waals surface area contributed by atoms with Gasteiger partial charge in [0.2, 0.25) is 0 Å². The van der Waals surface area contributed by atoms with E-state index in [-0.39, 0.29) is 5.97 Å². The highest BCUT2D eigenvalue weighted by molar-refractivity contribution is 5.92. The van der Waals surface area contributed by atoms with Crippen molar-refractivity contribution in [2.75, 3.05) is 19.0 Å².